The summed E-state index contributed by atoms with van der Waals surface area (Å²) in [5.41, 5.74) is 1.77. The quantitative estimate of drug-likeness (QED) is 0.773. The Morgan fingerprint density at radius 3 is 2.70 bits per heavy atom. The lowest BCUT2D eigenvalue weighted by Gasteiger charge is -2.04. The van der Waals surface area contributed by atoms with Crippen LogP contribution in [0.5, 0.6) is 0 Å². The van der Waals surface area contributed by atoms with Crippen LogP contribution in [-0.2, 0) is 22.4 Å². The maximum absolute atomic E-state index is 11.1. The van der Waals surface area contributed by atoms with Crippen LogP contribution in [0.3, 0.4) is 0 Å². The van der Waals surface area contributed by atoms with Crippen molar-refractivity contribution in [2.24, 2.45) is 0 Å². The third kappa shape index (κ3) is 3.95. The summed E-state index contributed by atoms with van der Waals surface area (Å²) in [5, 5.41) is 4.16. The third-order valence-electron chi connectivity index (χ3n) is 2.80. The average molecular weight is 330 g/mol. The molecule has 0 fully saturated rings. The molecule has 0 N–H and O–H groups in total. The number of hydrogen-bond acceptors (Lipinski definition) is 4. The Labute approximate surface area is 131 Å². The fourth-order valence-corrected chi connectivity index (χ4v) is 3.10. The van der Waals surface area contributed by atoms with E-state index in [0.717, 1.165) is 16.3 Å². The van der Waals surface area contributed by atoms with Gasteiger partial charge in [-0.25, -0.2) is 4.98 Å². The van der Waals surface area contributed by atoms with Crippen LogP contribution < -0.4 is 0 Å². The summed E-state index contributed by atoms with van der Waals surface area (Å²) in [6.45, 7) is 0. The molecule has 0 amide bonds. The Kier molecular flexibility index (Phi) is 5.40. The van der Waals surface area contributed by atoms with Crippen molar-refractivity contribution in [1.29, 1.82) is 0 Å². The van der Waals surface area contributed by atoms with Crippen LogP contribution in [0.4, 0.5) is 0 Å². The number of esters is 1. The molecular weight excluding hydrogens is 317 g/mol. The molecule has 6 heteroatoms. The lowest BCUT2D eigenvalue weighted by Crippen LogP contribution is -2.02. The standard InChI is InChI=1S/C14H13Cl2NO2S/c1-19-14(18)6-5-9-8-20-13(17-9)7-10-11(15)3-2-4-12(10)16/h2-4,8H,5-7H2,1H3. The van der Waals surface area contributed by atoms with E-state index in [1.807, 2.05) is 23.6 Å². The molecule has 2 aromatic rings. The molecule has 0 aliphatic carbocycles. The van der Waals surface area contributed by atoms with Crippen LogP contribution in [0.25, 0.3) is 0 Å². The fourth-order valence-electron chi connectivity index (χ4n) is 1.73. The molecule has 0 bridgehead atoms. The van der Waals surface area contributed by atoms with E-state index in [4.69, 9.17) is 23.2 Å². The number of nitrogens with zero attached hydrogens (tertiary/aromatic N) is 1. The van der Waals surface area contributed by atoms with Gasteiger partial charge in [-0.05, 0) is 17.7 Å². The molecule has 0 saturated carbocycles. The zero-order valence-corrected chi connectivity index (χ0v) is 13.2. The molecule has 20 heavy (non-hydrogen) atoms. The first kappa shape index (κ1) is 15.3. The summed E-state index contributed by atoms with van der Waals surface area (Å²) in [7, 11) is 1.38. The van der Waals surface area contributed by atoms with Gasteiger partial charge >= 0.3 is 5.97 Å². The number of aryl methyl sites for hydroxylation is 1. The van der Waals surface area contributed by atoms with Gasteiger partial charge in [-0.15, -0.1) is 11.3 Å². The van der Waals surface area contributed by atoms with Crippen molar-refractivity contribution in [1.82, 2.24) is 4.98 Å². The van der Waals surface area contributed by atoms with Crippen LogP contribution in [0, 0.1) is 0 Å². The average Bonchev–Trinajstić information content (AvgIpc) is 2.88. The molecule has 3 nitrogen and oxygen atoms in total. The van der Waals surface area contributed by atoms with Gasteiger partial charge < -0.3 is 4.74 Å². The van der Waals surface area contributed by atoms with Crippen molar-refractivity contribution >= 4 is 40.5 Å². The fraction of sp³-hybridized carbons (Fsp3) is 0.286. The summed E-state index contributed by atoms with van der Waals surface area (Å²) in [6.07, 6.45) is 1.52. The van der Waals surface area contributed by atoms with Crippen LogP contribution >= 0.6 is 34.5 Å². The summed E-state index contributed by atoms with van der Waals surface area (Å²) in [4.78, 5) is 15.6. The van der Waals surface area contributed by atoms with E-state index in [-0.39, 0.29) is 5.97 Å². The molecule has 0 radical (unpaired) electrons. The first-order chi connectivity index (χ1) is 9.60. The van der Waals surface area contributed by atoms with E-state index in [1.165, 1.54) is 7.11 Å². The van der Waals surface area contributed by atoms with E-state index in [2.05, 4.69) is 9.72 Å². The van der Waals surface area contributed by atoms with Gasteiger partial charge in [0.2, 0.25) is 0 Å². The highest BCUT2D eigenvalue weighted by molar-refractivity contribution is 7.09. The molecule has 0 aliphatic heterocycles. The largest absolute Gasteiger partial charge is 0.469 e. The molecule has 2 rings (SSSR count). The van der Waals surface area contributed by atoms with Crippen LogP contribution in [0.2, 0.25) is 10.0 Å². The minimum Gasteiger partial charge on any atom is -0.469 e. The highest BCUT2D eigenvalue weighted by Gasteiger charge is 2.10. The number of ether oxygens (including phenoxy) is 1. The second-order valence-corrected chi connectivity index (χ2v) is 5.94. The van der Waals surface area contributed by atoms with E-state index in [0.29, 0.717) is 29.3 Å². The van der Waals surface area contributed by atoms with Gasteiger partial charge in [-0.1, -0.05) is 29.3 Å². The van der Waals surface area contributed by atoms with Crippen molar-refractivity contribution in [3.8, 4) is 0 Å². The topological polar surface area (TPSA) is 39.2 Å². The van der Waals surface area contributed by atoms with E-state index in [9.17, 15) is 4.79 Å². The Hall–Kier alpha value is -1.10. The second kappa shape index (κ2) is 7.07. The summed E-state index contributed by atoms with van der Waals surface area (Å²) in [6, 6.07) is 5.45. The molecule has 1 aromatic carbocycles. The maximum atomic E-state index is 11.1. The number of carbonyl (C=O) groups is 1. The first-order valence-electron chi connectivity index (χ1n) is 6.03. The van der Waals surface area contributed by atoms with Gasteiger partial charge in [-0.2, -0.15) is 0 Å². The predicted molar refractivity (Wildman–Crippen MR) is 81.7 cm³/mol. The first-order valence-corrected chi connectivity index (χ1v) is 7.66. The Morgan fingerprint density at radius 2 is 2.05 bits per heavy atom. The molecule has 0 atom stereocenters. The number of rotatable bonds is 5. The Bertz CT molecular complexity index is 593. The van der Waals surface area contributed by atoms with Crippen LogP contribution in [0.15, 0.2) is 23.6 Å². The van der Waals surface area contributed by atoms with Gasteiger partial charge in [-0.3, -0.25) is 4.79 Å². The number of aromatic nitrogens is 1. The van der Waals surface area contributed by atoms with Crippen LogP contribution in [0.1, 0.15) is 22.7 Å². The summed E-state index contributed by atoms with van der Waals surface area (Å²) in [5.74, 6) is -0.228. The van der Waals surface area contributed by atoms with Gasteiger partial charge in [0.15, 0.2) is 0 Å². The summed E-state index contributed by atoms with van der Waals surface area (Å²) < 4.78 is 4.61. The predicted octanol–water partition coefficient (Wildman–Crippen LogP) is 4.15. The molecule has 0 aliphatic rings. The third-order valence-corrected chi connectivity index (χ3v) is 4.41. The van der Waals surface area contributed by atoms with E-state index in [1.54, 1.807) is 11.3 Å². The van der Waals surface area contributed by atoms with Crippen molar-refractivity contribution in [2.45, 2.75) is 19.3 Å². The lowest BCUT2D eigenvalue weighted by atomic mass is 10.1. The molecule has 1 aromatic heterocycles. The Balaban J connectivity index is 2.04. The zero-order valence-electron chi connectivity index (χ0n) is 10.9. The number of halogens is 2. The van der Waals surface area contributed by atoms with Gasteiger partial charge in [0.1, 0.15) is 0 Å². The minimum absolute atomic E-state index is 0.228. The molecule has 0 saturated heterocycles. The van der Waals surface area contributed by atoms with Crippen molar-refractivity contribution in [3.05, 3.63) is 49.9 Å². The van der Waals surface area contributed by atoms with E-state index >= 15 is 0 Å². The lowest BCUT2D eigenvalue weighted by molar-refractivity contribution is -0.140. The SMILES string of the molecule is COC(=O)CCc1csc(Cc2c(Cl)cccc2Cl)n1. The highest BCUT2D eigenvalue weighted by Crippen LogP contribution is 2.27. The van der Waals surface area contributed by atoms with Gasteiger partial charge in [0.05, 0.1) is 24.2 Å². The van der Waals surface area contributed by atoms with Crippen LogP contribution in [-0.4, -0.2) is 18.1 Å². The molecule has 106 valence electrons. The molecule has 1 heterocycles. The summed E-state index contributed by atoms with van der Waals surface area (Å²) >= 11 is 13.8. The monoisotopic (exact) mass is 329 g/mol. The van der Waals surface area contributed by atoms with E-state index < -0.39 is 0 Å². The molecule has 0 spiro atoms. The zero-order chi connectivity index (χ0) is 14.5. The Morgan fingerprint density at radius 1 is 1.35 bits per heavy atom. The molecular formula is C14H13Cl2NO2S. The van der Waals surface area contributed by atoms with Crippen molar-refractivity contribution in [3.63, 3.8) is 0 Å². The minimum atomic E-state index is -0.228. The highest BCUT2D eigenvalue weighted by atomic mass is 35.5. The van der Waals surface area contributed by atoms with Gasteiger partial charge in [0, 0.05) is 28.3 Å². The normalized spacial score (nSPS) is 10.6. The second-order valence-electron chi connectivity index (χ2n) is 4.19. The number of methoxy groups -OCH3 is 1. The van der Waals surface area contributed by atoms with Crippen molar-refractivity contribution in [2.75, 3.05) is 7.11 Å². The van der Waals surface area contributed by atoms with Gasteiger partial charge in [0.25, 0.3) is 0 Å². The number of benzene rings is 1. The number of hydrogen-bond donors (Lipinski definition) is 0. The maximum Gasteiger partial charge on any atom is 0.305 e. The molecule has 0 unspecified atom stereocenters. The number of thiazole rings is 1. The smallest absolute Gasteiger partial charge is 0.305 e. The number of carbonyl (C=O) groups excluding carboxylic acids is 1. The van der Waals surface area contributed by atoms with Crippen molar-refractivity contribution < 1.29 is 9.53 Å².